The fraction of sp³-hybridized carbons (Fsp3) is 0.448. The molecule has 2 aromatic heterocycles. The monoisotopic (exact) mass is 572 g/mol. The number of carbonyl (C=O) groups excluding carboxylic acids is 2. The van der Waals surface area contributed by atoms with Gasteiger partial charge in [0.1, 0.15) is 0 Å². The lowest BCUT2D eigenvalue weighted by Gasteiger charge is -2.38. The molecule has 1 unspecified atom stereocenters. The van der Waals surface area contributed by atoms with Gasteiger partial charge in [-0.3, -0.25) is 9.78 Å². The number of ether oxygens (including phenoxy) is 3. The average Bonchev–Trinajstić information content (AvgIpc) is 3.61. The Bertz CT molecular complexity index is 1400. The largest absolute Gasteiger partial charge is 0.489 e. The number of aryl methyl sites for hydroxylation is 1. The maximum atomic E-state index is 13.5. The molecule has 41 heavy (non-hydrogen) atoms. The molecule has 1 aliphatic rings. The van der Waals surface area contributed by atoms with E-state index in [0.29, 0.717) is 23.8 Å². The van der Waals surface area contributed by atoms with Gasteiger partial charge in [-0.05, 0) is 62.4 Å². The van der Waals surface area contributed by atoms with Crippen molar-refractivity contribution in [3.05, 3.63) is 59.2 Å². The van der Waals surface area contributed by atoms with Crippen molar-refractivity contribution in [1.29, 1.82) is 0 Å². The quantitative estimate of drug-likeness (QED) is 0.297. The molecule has 0 spiro atoms. The first-order valence-corrected chi connectivity index (χ1v) is 13.2. The number of pyridine rings is 1. The highest BCUT2D eigenvalue weighted by molar-refractivity contribution is 5.94. The van der Waals surface area contributed by atoms with Crippen molar-refractivity contribution >= 4 is 12.0 Å². The highest BCUT2D eigenvalue weighted by Gasteiger charge is 2.49. The van der Waals surface area contributed by atoms with Crippen LogP contribution in [0.1, 0.15) is 68.0 Å². The lowest BCUT2D eigenvalue weighted by atomic mass is 9.75. The molecule has 3 N–H and O–H groups in total. The molecule has 2 heterocycles. The molecule has 0 radical (unpaired) electrons. The summed E-state index contributed by atoms with van der Waals surface area (Å²) in [5.41, 5.74) is 4.87. The number of nitrogens with one attached hydrogen (secondary N) is 1. The number of carbonyl (C=O) groups is 2. The Morgan fingerprint density at radius 1 is 1.15 bits per heavy atom. The van der Waals surface area contributed by atoms with E-state index >= 15 is 0 Å². The zero-order valence-electron chi connectivity index (χ0n) is 23.6. The molecule has 1 saturated carbocycles. The maximum Gasteiger partial charge on any atom is 0.405 e. The van der Waals surface area contributed by atoms with E-state index in [1.54, 1.807) is 40.0 Å². The van der Waals surface area contributed by atoms with Crippen molar-refractivity contribution in [2.45, 2.75) is 66.2 Å². The lowest BCUT2D eigenvalue weighted by molar-refractivity contribution is -0.0707. The Kier molecular flexibility index (Phi) is 8.50. The van der Waals surface area contributed by atoms with E-state index in [4.69, 9.17) is 19.6 Å². The van der Waals surface area contributed by atoms with E-state index in [0.717, 1.165) is 18.4 Å². The molecule has 1 aromatic carbocycles. The van der Waals surface area contributed by atoms with Gasteiger partial charge in [0.15, 0.2) is 28.6 Å². The van der Waals surface area contributed by atoms with Crippen molar-refractivity contribution in [2.75, 3.05) is 6.61 Å². The summed E-state index contributed by atoms with van der Waals surface area (Å²) in [6.07, 6.45) is 2.61. The molecule has 10 nitrogen and oxygen atoms in total. The second-order valence-corrected chi connectivity index (χ2v) is 11.2. The van der Waals surface area contributed by atoms with Crippen molar-refractivity contribution in [3.8, 4) is 23.0 Å². The van der Waals surface area contributed by atoms with Crippen LogP contribution in [-0.2, 0) is 16.9 Å². The van der Waals surface area contributed by atoms with Crippen LogP contribution in [0.15, 0.2) is 40.9 Å². The van der Waals surface area contributed by atoms with Crippen molar-refractivity contribution in [2.24, 2.45) is 17.1 Å². The summed E-state index contributed by atoms with van der Waals surface area (Å²) in [6, 6.07) is 7.89. The van der Waals surface area contributed by atoms with E-state index in [1.807, 2.05) is 13.0 Å². The minimum Gasteiger partial charge on any atom is -0.489 e. The van der Waals surface area contributed by atoms with E-state index in [9.17, 15) is 18.4 Å². The fourth-order valence-corrected chi connectivity index (χ4v) is 3.96. The van der Waals surface area contributed by atoms with Gasteiger partial charge in [0.2, 0.25) is 5.89 Å². The fourth-order valence-electron chi connectivity index (χ4n) is 3.96. The van der Waals surface area contributed by atoms with Crippen LogP contribution in [0.3, 0.4) is 0 Å². The van der Waals surface area contributed by atoms with Crippen LogP contribution in [-0.4, -0.2) is 35.2 Å². The predicted octanol–water partition coefficient (Wildman–Crippen LogP) is 5.72. The summed E-state index contributed by atoms with van der Waals surface area (Å²) in [5, 5.41) is 2.77. The van der Waals surface area contributed by atoms with Crippen molar-refractivity contribution in [1.82, 2.24) is 15.3 Å². The normalized spacial score (nSPS) is 14.8. The number of amides is 2. The number of nitrogens with zero attached hydrogens (tertiary/aromatic N) is 2. The highest BCUT2D eigenvalue weighted by Crippen LogP contribution is 2.45. The Balaban J connectivity index is 1.76. The van der Waals surface area contributed by atoms with Gasteiger partial charge in [-0.15, -0.1) is 0 Å². The molecule has 1 atom stereocenters. The first-order valence-electron chi connectivity index (χ1n) is 13.2. The number of rotatable bonds is 11. The topological polar surface area (TPSA) is 139 Å². The first kappa shape index (κ1) is 29.8. The Morgan fingerprint density at radius 2 is 1.88 bits per heavy atom. The molecule has 4 rings (SSSR count). The Hall–Kier alpha value is -4.22. The molecule has 1 fully saturated rings. The van der Waals surface area contributed by atoms with Gasteiger partial charge in [-0.1, -0.05) is 26.8 Å². The highest BCUT2D eigenvalue weighted by atomic mass is 19.3. The van der Waals surface area contributed by atoms with Crippen LogP contribution in [0.25, 0.3) is 11.5 Å². The minimum absolute atomic E-state index is 0.0259. The molecular weight excluding hydrogens is 538 g/mol. The zero-order chi connectivity index (χ0) is 29.9. The maximum absolute atomic E-state index is 13.5. The second-order valence-electron chi connectivity index (χ2n) is 11.2. The van der Waals surface area contributed by atoms with Crippen LogP contribution in [0.4, 0.5) is 13.6 Å². The Labute approximate surface area is 236 Å². The van der Waals surface area contributed by atoms with Crippen molar-refractivity contribution < 1.29 is 37.0 Å². The molecule has 0 bridgehead atoms. The molecule has 1 aliphatic carbocycles. The van der Waals surface area contributed by atoms with Crippen LogP contribution in [0.5, 0.6) is 11.5 Å². The van der Waals surface area contributed by atoms with Crippen LogP contribution >= 0.6 is 0 Å². The summed E-state index contributed by atoms with van der Waals surface area (Å²) >= 11 is 0. The van der Waals surface area contributed by atoms with Crippen LogP contribution in [0.2, 0.25) is 0 Å². The van der Waals surface area contributed by atoms with Gasteiger partial charge in [0.25, 0.3) is 5.91 Å². The summed E-state index contributed by atoms with van der Waals surface area (Å²) in [6.45, 7) is 6.23. The number of halogens is 2. The molecule has 3 aromatic rings. The van der Waals surface area contributed by atoms with E-state index in [2.05, 4.69) is 20.0 Å². The molecule has 12 heteroatoms. The van der Waals surface area contributed by atoms with Crippen LogP contribution < -0.4 is 20.5 Å². The third-order valence-electron chi connectivity index (χ3n) is 6.99. The SMILES string of the molecule is Cc1ccc(CNC(=O)c2nc(-c3ccc(OC(F)F)c(OCC4CC4)c3)oc2C(C)(OC(N)=O)C(C)(C)C)nc1. The smallest absolute Gasteiger partial charge is 0.405 e. The Morgan fingerprint density at radius 3 is 2.46 bits per heavy atom. The lowest BCUT2D eigenvalue weighted by Crippen LogP contribution is -2.44. The van der Waals surface area contributed by atoms with Crippen molar-refractivity contribution in [3.63, 3.8) is 0 Å². The number of hydrogen-bond donors (Lipinski definition) is 2. The third kappa shape index (κ3) is 7.11. The number of nitrogens with two attached hydrogens (primary N) is 1. The molecule has 220 valence electrons. The summed E-state index contributed by atoms with van der Waals surface area (Å²) in [5.74, 6) is -0.385. The number of aromatic nitrogens is 2. The zero-order valence-corrected chi connectivity index (χ0v) is 23.6. The summed E-state index contributed by atoms with van der Waals surface area (Å²) < 4.78 is 48.2. The van der Waals surface area contributed by atoms with E-state index < -0.39 is 29.6 Å². The van der Waals surface area contributed by atoms with Gasteiger partial charge >= 0.3 is 12.7 Å². The number of alkyl halides is 2. The average molecular weight is 573 g/mol. The van der Waals surface area contributed by atoms with Gasteiger partial charge in [0.05, 0.1) is 18.8 Å². The van der Waals surface area contributed by atoms with Gasteiger partial charge in [-0.25, -0.2) is 9.78 Å². The standard InChI is InChI=1S/C29H34F2N4O6/c1-16-6-10-19(33-13-16)14-34-24(36)22-23(29(5,28(2,3)4)41-27(32)37)40-25(35-22)18-9-11-20(39-26(30)31)21(12-18)38-15-17-7-8-17/h6,9-13,17,26H,7-8,14-15H2,1-5H3,(H2,32,37)(H,34,36). The molecule has 0 saturated heterocycles. The summed E-state index contributed by atoms with van der Waals surface area (Å²) in [7, 11) is 0. The number of oxazole rings is 1. The van der Waals surface area contributed by atoms with E-state index in [1.165, 1.54) is 18.2 Å². The number of hydrogen-bond acceptors (Lipinski definition) is 8. The number of primary amides is 1. The molecule has 2 amide bonds. The number of benzene rings is 1. The third-order valence-corrected chi connectivity index (χ3v) is 6.99. The van der Waals surface area contributed by atoms with Gasteiger partial charge < -0.3 is 29.7 Å². The molecular formula is C29H34F2N4O6. The summed E-state index contributed by atoms with van der Waals surface area (Å²) in [4.78, 5) is 34.2. The van der Waals surface area contributed by atoms with E-state index in [-0.39, 0.29) is 35.4 Å². The predicted molar refractivity (Wildman–Crippen MR) is 144 cm³/mol. The molecule has 0 aliphatic heterocycles. The first-order chi connectivity index (χ1) is 19.3. The minimum atomic E-state index is -3.05. The van der Waals surface area contributed by atoms with Gasteiger partial charge in [-0.2, -0.15) is 8.78 Å². The van der Waals surface area contributed by atoms with Crippen LogP contribution in [0, 0.1) is 18.3 Å². The van der Waals surface area contributed by atoms with Gasteiger partial charge in [0, 0.05) is 17.2 Å². The second kappa shape index (κ2) is 11.7.